The van der Waals surface area contributed by atoms with Gasteiger partial charge >= 0.3 is 12.1 Å². The van der Waals surface area contributed by atoms with Gasteiger partial charge in [0.05, 0.1) is 6.61 Å². The predicted octanol–water partition coefficient (Wildman–Crippen LogP) is 3.70. The number of carbonyl (C=O) groups is 3. The molecule has 1 aromatic carbocycles. The summed E-state index contributed by atoms with van der Waals surface area (Å²) in [5, 5.41) is 0.417. The van der Waals surface area contributed by atoms with E-state index < -0.39 is 23.7 Å². The molecule has 0 bridgehead atoms. The van der Waals surface area contributed by atoms with Crippen LogP contribution in [0.25, 0.3) is 0 Å². The van der Waals surface area contributed by atoms with Crippen molar-refractivity contribution in [3.63, 3.8) is 0 Å². The molecule has 2 atom stereocenters. The molecular formula is C19H24ClNO5. The van der Waals surface area contributed by atoms with E-state index in [2.05, 4.69) is 0 Å². The van der Waals surface area contributed by atoms with E-state index in [0.717, 1.165) is 12.8 Å². The number of carbonyl (C=O) groups excluding carboxylic acids is 3. The third-order valence-corrected chi connectivity index (χ3v) is 5.05. The van der Waals surface area contributed by atoms with Crippen molar-refractivity contribution in [3.05, 3.63) is 34.9 Å². The Bertz CT molecular complexity index is 692. The highest BCUT2D eigenvalue weighted by atomic mass is 35.5. The predicted molar refractivity (Wildman–Crippen MR) is 96.9 cm³/mol. The molecule has 7 heteroatoms. The molecule has 0 unspecified atom stereocenters. The molecule has 0 radical (unpaired) electrons. The molecule has 0 aliphatic heterocycles. The normalized spacial score (nSPS) is 21.0. The van der Waals surface area contributed by atoms with E-state index in [1.54, 1.807) is 31.2 Å². The topological polar surface area (TPSA) is 72.9 Å². The van der Waals surface area contributed by atoms with Crippen molar-refractivity contribution in [3.8, 4) is 0 Å². The Balaban J connectivity index is 2.34. The lowest BCUT2D eigenvalue weighted by molar-refractivity contribution is -0.153. The van der Waals surface area contributed by atoms with E-state index >= 15 is 0 Å². The van der Waals surface area contributed by atoms with Crippen LogP contribution in [-0.2, 0) is 24.6 Å². The zero-order valence-corrected chi connectivity index (χ0v) is 16.0. The molecule has 26 heavy (non-hydrogen) atoms. The van der Waals surface area contributed by atoms with Gasteiger partial charge < -0.3 is 9.47 Å². The average molecular weight is 382 g/mol. The molecule has 1 fully saturated rings. The van der Waals surface area contributed by atoms with Crippen molar-refractivity contribution >= 4 is 29.4 Å². The van der Waals surface area contributed by atoms with Gasteiger partial charge in [-0.3, -0.25) is 9.69 Å². The van der Waals surface area contributed by atoms with Crippen molar-refractivity contribution in [2.75, 3.05) is 13.7 Å². The highest BCUT2D eigenvalue weighted by Gasteiger charge is 2.49. The first-order valence-electron chi connectivity index (χ1n) is 8.74. The van der Waals surface area contributed by atoms with Crippen molar-refractivity contribution in [1.29, 1.82) is 0 Å². The summed E-state index contributed by atoms with van der Waals surface area (Å²) < 4.78 is 10.1. The minimum Gasteiger partial charge on any atom is -0.463 e. The Kier molecular flexibility index (Phi) is 6.64. The minimum atomic E-state index is -1.19. The number of likely N-dealkylation sites (N-methyl/N-ethyl adjacent to an activating group) is 1. The second-order valence-corrected chi connectivity index (χ2v) is 6.71. The van der Waals surface area contributed by atoms with Crippen LogP contribution in [0.2, 0.25) is 5.02 Å². The maximum atomic E-state index is 12.9. The summed E-state index contributed by atoms with van der Waals surface area (Å²) in [6.07, 6.45) is 0.535. The van der Waals surface area contributed by atoms with E-state index in [4.69, 9.17) is 21.1 Å². The molecule has 1 amide bonds. The van der Waals surface area contributed by atoms with Crippen LogP contribution in [0.5, 0.6) is 0 Å². The summed E-state index contributed by atoms with van der Waals surface area (Å²) in [4.78, 5) is 38.6. The number of hydrogen-bond acceptors (Lipinski definition) is 5. The molecule has 1 aromatic rings. The van der Waals surface area contributed by atoms with Crippen LogP contribution in [0.3, 0.4) is 0 Å². The van der Waals surface area contributed by atoms with Gasteiger partial charge in [-0.1, -0.05) is 29.8 Å². The SMILES string of the molecule is CCOC(=O)[C@H](C)OC(=O)N(C)[C@]1(c2ccccc2Cl)CCCCC1=O. The second-order valence-electron chi connectivity index (χ2n) is 6.31. The van der Waals surface area contributed by atoms with Gasteiger partial charge in [0, 0.05) is 24.1 Å². The first-order valence-corrected chi connectivity index (χ1v) is 9.11. The molecule has 0 N–H and O–H groups in total. The standard InChI is InChI=1S/C19H24ClNO5/c1-4-25-17(23)13(2)26-18(24)21(3)19(12-8-7-11-16(19)22)14-9-5-6-10-15(14)20/h5-6,9-10,13H,4,7-8,11-12H2,1-3H3/t13-,19-/m0/s1. The van der Waals surface area contributed by atoms with E-state index in [-0.39, 0.29) is 12.4 Å². The van der Waals surface area contributed by atoms with E-state index in [9.17, 15) is 14.4 Å². The monoisotopic (exact) mass is 381 g/mol. The quantitative estimate of drug-likeness (QED) is 0.727. The molecule has 1 aliphatic rings. The van der Waals surface area contributed by atoms with Crippen LogP contribution in [-0.4, -0.2) is 42.5 Å². The maximum absolute atomic E-state index is 12.9. The van der Waals surface area contributed by atoms with E-state index in [0.29, 0.717) is 23.4 Å². The van der Waals surface area contributed by atoms with Gasteiger partial charge in [-0.05, 0) is 39.2 Å². The fourth-order valence-corrected chi connectivity index (χ4v) is 3.62. The molecule has 0 spiro atoms. The van der Waals surface area contributed by atoms with Gasteiger partial charge in [-0.25, -0.2) is 9.59 Å². The number of halogens is 1. The smallest absolute Gasteiger partial charge is 0.411 e. The number of amides is 1. The molecule has 0 aromatic heterocycles. The summed E-state index contributed by atoms with van der Waals surface area (Å²) in [5.41, 5.74) is -0.614. The molecule has 1 saturated carbocycles. The van der Waals surface area contributed by atoms with E-state index in [1.807, 2.05) is 0 Å². The van der Waals surface area contributed by atoms with Crippen molar-refractivity contribution in [2.24, 2.45) is 0 Å². The lowest BCUT2D eigenvalue weighted by Gasteiger charge is -2.43. The Morgan fingerprint density at radius 1 is 1.31 bits per heavy atom. The molecule has 0 heterocycles. The molecule has 142 valence electrons. The van der Waals surface area contributed by atoms with Crippen molar-refractivity contribution in [2.45, 2.75) is 51.2 Å². The van der Waals surface area contributed by atoms with Crippen molar-refractivity contribution in [1.82, 2.24) is 4.90 Å². The van der Waals surface area contributed by atoms with Crippen LogP contribution >= 0.6 is 11.6 Å². The number of ketones is 1. The van der Waals surface area contributed by atoms with Gasteiger partial charge in [0.25, 0.3) is 0 Å². The Hall–Kier alpha value is -2.08. The lowest BCUT2D eigenvalue weighted by atomic mass is 9.74. The van der Waals surface area contributed by atoms with Gasteiger partial charge in [-0.15, -0.1) is 0 Å². The van der Waals surface area contributed by atoms with Gasteiger partial charge in [0.15, 0.2) is 11.9 Å². The second kappa shape index (κ2) is 8.54. The number of ether oxygens (including phenoxy) is 2. The maximum Gasteiger partial charge on any atom is 0.411 e. The molecule has 6 nitrogen and oxygen atoms in total. The number of nitrogens with zero attached hydrogens (tertiary/aromatic N) is 1. The third-order valence-electron chi connectivity index (χ3n) is 4.72. The summed E-state index contributed by atoms with van der Waals surface area (Å²) in [6.45, 7) is 3.30. The zero-order valence-electron chi connectivity index (χ0n) is 15.3. The summed E-state index contributed by atoms with van der Waals surface area (Å²) in [6, 6.07) is 7.00. The van der Waals surface area contributed by atoms with Crippen LogP contribution in [0.15, 0.2) is 24.3 Å². The number of esters is 1. The lowest BCUT2D eigenvalue weighted by Crippen LogP contribution is -2.55. The molecule has 0 saturated heterocycles. The van der Waals surface area contributed by atoms with Crippen LogP contribution < -0.4 is 0 Å². The van der Waals surface area contributed by atoms with Crippen LogP contribution in [0, 0.1) is 0 Å². The third kappa shape index (κ3) is 3.85. The minimum absolute atomic E-state index is 0.0833. The number of hydrogen-bond donors (Lipinski definition) is 0. The number of benzene rings is 1. The first kappa shape index (κ1) is 20.2. The summed E-state index contributed by atoms with van der Waals surface area (Å²) >= 11 is 6.35. The summed E-state index contributed by atoms with van der Waals surface area (Å²) in [5.74, 6) is -0.712. The molecular weight excluding hydrogens is 358 g/mol. The van der Waals surface area contributed by atoms with Crippen molar-refractivity contribution < 1.29 is 23.9 Å². The fourth-order valence-electron chi connectivity index (χ4n) is 3.32. The van der Waals surface area contributed by atoms with Crippen LogP contribution in [0.1, 0.15) is 45.1 Å². The van der Waals surface area contributed by atoms with E-state index in [1.165, 1.54) is 18.9 Å². The fraction of sp³-hybridized carbons (Fsp3) is 0.526. The number of Topliss-reactive ketones (excluding diaryl/α,β-unsaturated/α-hetero) is 1. The van der Waals surface area contributed by atoms with Crippen LogP contribution in [0.4, 0.5) is 4.79 Å². The highest BCUT2D eigenvalue weighted by Crippen LogP contribution is 2.42. The van der Waals surface area contributed by atoms with Gasteiger partial charge in [0.1, 0.15) is 5.54 Å². The van der Waals surface area contributed by atoms with Gasteiger partial charge in [0.2, 0.25) is 0 Å². The first-order chi connectivity index (χ1) is 12.3. The Morgan fingerprint density at radius 3 is 2.62 bits per heavy atom. The largest absolute Gasteiger partial charge is 0.463 e. The van der Waals surface area contributed by atoms with Gasteiger partial charge in [-0.2, -0.15) is 0 Å². The molecule has 1 aliphatic carbocycles. The average Bonchev–Trinajstić information content (AvgIpc) is 2.62. The Morgan fingerprint density at radius 2 is 2.00 bits per heavy atom. The number of rotatable bonds is 5. The zero-order chi connectivity index (χ0) is 19.3. The Labute approximate surface area is 158 Å². The molecule has 2 rings (SSSR count). The highest BCUT2D eigenvalue weighted by molar-refractivity contribution is 6.31. The summed E-state index contributed by atoms with van der Waals surface area (Å²) in [7, 11) is 1.51.